The van der Waals surface area contributed by atoms with Crippen LogP contribution in [0.4, 0.5) is 0 Å². The lowest BCUT2D eigenvalue weighted by Gasteiger charge is -2.37. The van der Waals surface area contributed by atoms with Gasteiger partial charge in [0.2, 0.25) is 5.91 Å². The van der Waals surface area contributed by atoms with Gasteiger partial charge >= 0.3 is 0 Å². The molecule has 3 rings (SSSR count). The highest BCUT2D eigenvalue weighted by atomic mass is 16.5. The van der Waals surface area contributed by atoms with Gasteiger partial charge in [0.15, 0.2) is 0 Å². The number of fused-ring (bicyclic) bond motifs is 1. The van der Waals surface area contributed by atoms with Gasteiger partial charge in [0.25, 0.3) is 0 Å². The molecule has 0 spiro atoms. The Hall–Kier alpha value is -0.650. The molecule has 0 aromatic rings. The number of carbonyl (C=O) groups excluding carboxylic acids is 1. The van der Waals surface area contributed by atoms with E-state index in [1.54, 1.807) is 0 Å². The summed E-state index contributed by atoms with van der Waals surface area (Å²) < 4.78 is 6.00. The molecular weight excluding hydrogens is 266 g/mol. The van der Waals surface area contributed by atoms with Crippen LogP contribution >= 0.6 is 0 Å². The molecule has 5 nitrogen and oxygen atoms in total. The summed E-state index contributed by atoms with van der Waals surface area (Å²) in [6, 6.07) is 0.645. The van der Waals surface area contributed by atoms with Crippen molar-refractivity contribution in [3.63, 3.8) is 0 Å². The van der Waals surface area contributed by atoms with Crippen LogP contribution in [-0.2, 0) is 9.53 Å². The molecule has 1 amide bonds. The Morgan fingerprint density at radius 2 is 2.29 bits per heavy atom. The number of carbonyl (C=O) groups is 1. The minimum atomic E-state index is 0.0167. The molecule has 5 heteroatoms. The van der Waals surface area contributed by atoms with Crippen LogP contribution in [0.5, 0.6) is 0 Å². The van der Waals surface area contributed by atoms with E-state index in [0.29, 0.717) is 6.04 Å². The first-order valence-electron chi connectivity index (χ1n) is 8.61. The maximum absolute atomic E-state index is 12.5. The van der Waals surface area contributed by atoms with Crippen molar-refractivity contribution in [2.45, 2.75) is 70.3 Å². The molecule has 3 aliphatic rings. The third kappa shape index (κ3) is 3.25. The molecule has 1 N–H and O–H groups in total. The molecule has 0 aromatic carbocycles. The Balaban J connectivity index is 1.53. The van der Waals surface area contributed by atoms with E-state index in [9.17, 15) is 4.79 Å². The van der Waals surface area contributed by atoms with Gasteiger partial charge in [-0.25, -0.2) is 0 Å². The second kappa shape index (κ2) is 6.63. The number of hydrogen-bond donors (Lipinski definition) is 1. The van der Waals surface area contributed by atoms with Crippen LogP contribution in [0, 0.1) is 0 Å². The van der Waals surface area contributed by atoms with Gasteiger partial charge in [-0.15, -0.1) is 0 Å². The van der Waals surface area contributed by atoms with Gasteiger partial charge in [-0.2, -0.15) is 0 Å². The van der Waals surface area contributed by atoms with E-state index in [-0.39, 0.29) is 24.2 Å². The summed E-state index contributed by atoms with van der Waals surface area (Å²) >= 11 is 0. The molecule has 3 heterocycles. The minimum absolute atomic E-state index is 0.0167. The normalized spacial score (nSPS) is 37.2. The highest BCUT2D eigenvalue weighted by Gasteiger charge is 2.39. The van der Waals surface area contributed by atoms with Crippen LogP contribution in [-0.4, -0.2) is 66.3 Å². The molecule has 4 unspecified atom stereocenters. The van der Waals surface area contributed by atoms with Crippen molar-refractivity contribution < 1.29 is 9.53 Å². The maximum Gasteiger partial charge on any atom is 0.241 e. The van der Waals surface area contributed by atoms with E-state index in [0.717, 1.165) is 39.0 Å². The number of amides is 1. The lowest BCUT2D eigenvalue weighted by Crippen LogP contribution is -2.51. The Morgan fingerprint density at radius 1 is 1.43 bits per heavy atom. The monoisotopic (exact) mass is 295 g/mol. The average molecular weight is 295 g/mol. The van der Waals surface area contributed by atoms with E-state index in [1.807, 2.05) is 4.90 Å². The fraction of sp³-hybridized carbons (Fsp3) is 0.938. The summed E-state index contributed by atoms with van der Waals surface area (Å²) in [5.74, 6) is 0.267. The predicted octanol–water partition coefficient (Wildman–Crippen LogP) is 1.19. The molecule has 0 bridgehead atoms. The highest BCUT2D eigenvalue weighted by molar-refractivity contribution is 5.84. The molecule has 21 heavy (non-hydrogen) atoms. The van der Waals surface area contributed by atoms with E-state index < -0.39 is 0 Å². The smallest absolute Gasteiger partial charge is 0.241 e. The van der Waals surface area contributed by atoms with Crippen molar-refractivity contribution in [1.82, 2.24) is 15.1 Å². The van der Waals surface area contributed by atoms with Gasteiger partial charge in [-0.05, 0) is 32.7 Å². The van der Waals surface area contributed by atoms with E-state index in [4.69, 9.17) is 4.74 Å². The van der Waals surface area contributed by atoms with Crippen molar-refractivity contribution in [2.24, 2.45) is 0 Å². The third-order valence-corrected chi connectivity index (χ3v) is 5.20. The number of rotatable bonds is 5. The van der Waals surface area contributed by atoms with Crippen LogP contribution in [0.15, 0.2) is 0 Å². The number of unbranched alkanes of at least 4 members (excludes halogenated alkanes) is 1. The molecule has 0 aliphatic carbocycles. The van der Waals surface area contributed by atoms with Crippen LogP contribution in [0.1, 0.15) is 46.0 Å². The van der Waals surface area contributed by atoms with Gasteiger partial charge < -0.3 is 9.64 Å². The van der Waals surface area contributed by atoms with Crippen LogP contribution in [0.2, 0.25) is 0 Å². The molecule has 120 valence electrons. The highest BCUT2D eigenvalue weighted by Crippen LogP contribution is 2.24. The molecule has 0 aromatic heterocycles. The Morgan fingerprint density at radius 3 is 3.10 bits per heavy atom. The lowest BCUT2D eigenvalue weighted by atomic mass is 10.1. The Kier molecular flexibility index (Phi) is 4.82. The molecule has 0 radical (unpaired) electrons. The molecule has 3 aliphatic heterocycles. The van der Waals surface area contributed by atoms with E-state index in [2.05, 4.69) is 24.1 Å². The first-order chi connectivity index (χ1) is 10.2. The zero-order valence-electron chi connectivity index (χ0n) is 13.4. The van der Waals surface area contributed by atoms with Crippen molar-refractivity contribution >= 4 is 5.91 Å². The quantitative estimate of drug-likeness (QED) is 0.827. The topological polar surface area (TPSA) is 44.8 Å². The van der Waals surface area contributed by atoms with Gasteiger partial charge in [0.05, 0.1) is 24.9 Å². The predicted molar refractivity (Wildman–Crippen MR) is 82.0 cm³/mol. The van der Waals surface area contributed by atoms with Crippen molar-refractivity contribution in [2.75, 3.05) is 26.2 Å². The van der Waals surface area contributed by atoms with Crippen LogP contribution < -0.4 is 5.32 Å². The number of hydrogen-bond acceptors (Lipinski definition) is 4. The Bertz CT molecular complexity index is 377. The second-order valence-corrected chi connectivity index (χ2v) is 6.77. The van der Waals surface area contributed by atoms with Gasteiger partial charge in [-0.1, -0.05) is 19.8 Å². The summed E-state index contributed by atoms with van der Waals surface area (Å²) in [7, 11) is 0. The molecule has 4 atom stereocenters. The minimum Gasteiger partial charge on any atom is -0.373 e. The molecule has 3 saturated heterocycles. The summed E-state index contributed by atoms with van der Waals surface area (Å²) in [6.07, 6.45) is 6.08. The number of ether oxygens (including phenoxy) is 1. The van der Waals surface area contributed by atoms with E-state index >= 15 is 0 Å². The molecule has 3 fully saturated rings. The zero-order valence-corrected chi connectivity index (χ0v) is 13.4. The number of morpholine rings is 1. The van der Waals surface area contributed by atoms with Crippen molar-refractivity contribution in [1.29, 1.82) is 0 Å². The summed E-state index contributed by atoms with van der Waals surface area (Å²) in [5, 5.41) is 3.43. The van der Waals surface area contributed by atoms with Crippen molar-refractivity contribution in [3.05, 3.63) is 0 Å². The third-order valence-electron chi connectivity index (χ3n) is 5.20. The van der Waals surface area contributed by atoms with E-state index in [1.165, 1.54) is 19.4 Å². The van der Waals surface area contributed by atoms with Crippen LogP contribution in [0.25, 0.3) is 0 Å². The fourth-order valence-corrected chi connectivity index (χ4v) is 3.92. The lowest BCUT2D eigenvalue weighted by molar-refractivity contribution is -0.134. The number of nitrogens with zero attached hydrogens (tertiary/aromatic N) is 2. The molecule has 0 saturated carbocycles. The summed E-state index contributed by atoms with van der Waals surface area (Å²) in [6.45, 7) is 8.02. The van der Waals surface area contributed by atoms with Crippen molar-refractivity contribution in [3.8, 4) is 0 Å². The van der Waals surface area contributed by atoms with Gasteiger partial charge in [0.1, 0.15) is 0 Å². The number of nitrogens with one attached hydrogen (secondary N) is 1. The largest absolute Gasteiger partial charge is 0.373 e. The summed E-state index contributed by atoms with van der Waals surface area (Å²) in [4.78, 5) is 17.0. The Labute approximate surface area is 128 Å². The first kappa shape index (κ1) is 15.3. The zero-order chi connectivity index (χ0) is 14.8. The SMILES string of the molecule is CCCCC1NC(C)N(CC2CN3CCCC3CO2)C1=O. The first-order valence-corrected chi connectivity index (χ1v) is 8.61. The second-order valence-electron chi connectivity index (χ2n) is 6.77. The average Bonchev–Trinajstić information content (AvgIpc) is 3.04. The fourth-order valence-electron chi connectivity index (χ4n) is 3.92. The summed E-state index contributed by atoms with van der Waals surface area (Å²) in [5.41, 5.74) is 0. The van der Waals surface area contributed by atoms with Gasteiger partial charge in [0, 0.05) is 19.1 Å². The van der Waals surface area contributed by atoms with Crippen LogP contribution in [0.3, 0.4) is 0 Å². The molecular formula is C16H29N3O2. The van der Waals surface area contributed by atoms with Gasteiger partial charge in [-0.3, -0.25) is 15.0 Å². The maximum atomic E-state index is 12.5. The standard InChI is InChI=1S/C16H29N3O2/c1-3-4-7-15-16(20)19(12(2)17-15)10-14-9-18-8-5-6-13(18)11-21-14/h12-15,17H,3-11H2,1-2H3.